The van der Waals surface area contributed by atoms with Crippen molar-refractivity contribution >= 4 is 12.1 Å². The second kappa shape index (κ2) is 4.81. The standard InChI is InChI=1S/C11H19N3O3/c1-2-5-12-9(15)14-6-3-11(4-7-14)8-13-10(16)17-11/h2-8H2,1H3,(H,12,15)(H,13,16). The van der Waals surface area contributed by atoms with Crippen LogP contribution in [0.15, 0.2) is 0 Å². The van der Waals surface area contributed by atoms with Crippen LogP contribution in [0.2, 0.25) is 0 Å². The highest BCUT2D eigenvalue weighted by molar-refractivity contribution is 5.74. The maximum atomic E-state index is 11.7. The van der Waals surface area contributed by atoms with Crippen LogP contribution in [-0.4, -0.2) is 48.8 Å². The summed E-state index contributed by atoms with van der Waals surface area (Å²) in [5.74, 6) is 0. The van der Waals surface area contributed by atoms with E-state index >= 15 is 0 Å². The van der Waals surface area contributed by atoms with Crippen LogP contribution in [0.25, 0.3) is 0 Å². The molecule has 0 aromatic heterocycles. The van der Waals surface area contributed by atoms with Crippen molar-refractivity contribution in [1.82, 2.24) is 15.5 Å². The first kappa shape index (κ1) is 12.0. The molecule has 0 aliphatic carbocycles. The molecule has 1 spiro atoms. The predicted molar refractivity (Wildman–Crippen MR) is 61.7 cm³/mol. The number of nitrogens with zero attached hydrogens (tertiary/aromatic N) is 1. The third-order valence-corrected chi connectivity index (χ3v) is 3.35. The molecule has 0 bridgehead atoms. The smallest absolute Gasteiger partial charge is 0.407 e. The van der Waals surface area contributed by atoms with Crippen molar-refractivity contribution in [3.8, 4) is 0 Å². The fourth-order valence-electron chi connectivity index (χ4n) is 2.24. The number of rotatable bonds is 2. The molecule has 3 amide bonds. The third kappa shape index (κ3) is 2.62. The number of alkyl carbamates (subject to hydrolysis) is 1. The van der Waals surface area contributed by atoms with E-state index in [1.165, 1.54) is 0 Å². The largest absolute Gasteiger partial charge is 0.441 e. The van der Waals surface area contributed by atoms with E-state index in [0.717, 1.165) is 6.42 Å². The molecule has 2 N–H and O–H groups in total. The number of carbonyl (C=O) groups excluding carboxylic acids is 2. The minimum atomic E-state index is -0.376. The van der Waals surface area contributed by atoms with Gasteiger partial charge in [0.15, 0.2) is 0 Å². The van der Waals surface area contributed by atoms with E-state index in [9.17, 15) is 9.59 Å². The molecule has 0 aromatic rings. The van der Waals surface area contributed by atoms with Gasteiger partial charge in [0.2, 0.25) is 0 Å². The minimum absolute atomic E-state index is 0.0148. The van der Waals surface area contributed by atoms with Crippen LogP contribution >= 0.6 is 0 Å². The molecule has 2 aliphatic rings. The lowest BCUT2D eigenvalue weighted by molar-refractivity contribution is 0.00980. The highest BCUT2D eigenvalue weighted by Gasteiger charge is 2.43. The first-order chi connectivity index (χ1) is 8.15. The zero-order valence-corrected chi connectivity index (χ0v) is 10.1. The molecule has 6 heteroatoms. The summed E-state index contributed by atoms with van der Waals surface area (Å²) < 4.78 is 5.29. The van der Waals surface area contributed by atoms with Gasteiger partial charge in [-0.15, -0.1) is 0 Å². The number of likely N-dealkylation sites (tertiary alicyclic amines) is 1. The maximum Gasteiger partial charge on any atom is 0.407 e. The second-order valence-corrected chi connectivity index (χ2v) is 4.65. The van der Waals surface area contributed by atoms with Gasteiger partial charge >= 0.3 is 12.1 Å². The van der Waals surface area contributed by atoms with Crippen LogP contribution in [0.3, 0.4) is 0 Å². The van der Waals surface area contributed by atoms with Crippen LogP contribution in [-0.2, 0) is 4.74 Å². The average Bonchev–Trinajstić information content (AvgIpc) is 2.68. The van der Waals surface area contributed by atoms with Crippen molar-refractivity contribution in [3.05, 3.63) is 0 Å². The maximum absolute atomic E-state index is 11.7. The van der Waals surface area contributed by atoms with Gasteiger partial charge in [0.25, 0.3) is 0 Å². The Morgan fingerprint density at radius 2 is 2.24 bits per heavy atom. The second-order valence-electron chi connectivity index (χ2n) is 4.65. The molecule has 0 saturated carbocycles. The molecule has 0 unspecified atom stereocenters. The number of urea groups is 1. The Labute approximate surface area is 101 Å². The predicted octanol–water partition coefficient (Wildman–Crippen LogP) is 0.680. The Bertz CT molecular complexity index is 311. The Kier molecular flexibility index (Phi) is 3.40. The molecule has 17 heavy (non-hydrogen) atoms. The number of hydrogen-bond donors (Lipinski definition) is 2. The van der Waals surface area contributed by atoms with Crippen molar-refractivity contribution < 1.29 is 14.3 Å². The van der Waals surface area contributed by atoms with Gasteiger partial charge in [-0.3, -0.25) is 0 Å². The summed E-state index contributed by atoms with van der Waals surface area (Å²) in [7, 11) is 0. The summed E-state index contributed by atoms with van der Waals surface area (Å²) in [6.45, 7) is 4.58. The molecule has 2 aliphatic heterocycles. The van der Waals surface area contributed by atoms with Gasteiger partial charge in [-0.1, -0.05) is 6.92 Å². The van der Waals surface area contributed by atoms with Gasteiger partial charge < -0.3 is 20.3 Å². The van der Waals surface area contributed by atoms with Crippen LogP contribution in [0.4, 0.5) is 9.59 Å². The van der Waals surface area contributed by atoms with E-state index in [4.69, 9.17) is 4.74 Å². The van der Waals surface area contributed by atoms with Gasteiger partial charge in [-0.2, -0.15) is 0 Å². The van der Waals surface area contributed by atoms with Crippen LogP contribution < -0.4 is 10.6 Å². The van der Waals surface area contributed by atoms with Crippen LogP contribution in [0.5, 0.6) is 0 Å². The Morgan fingerprint density at radius 3 is 2.76 bits per heavy atom. The van der Waals surface area contributed by atoms with E-state index in [1.54, 1.807) is 4.90 Å². The molecular formula is C11H19N3O3. The van der Waals surface area contributed by atoms with E-state index in [-0.39, 0.29) is 17.7 Å². The zero-order chi connectivity index (χ0) is 12.3. The fourth-order valence-corrected chi connectivity index (χ4v) is 2.24. The number of ether oxygens (including phenoxy) is 1. The lowest BCUT2D eigenvalue weighted by atomic mass is 9.92. The summed E-state index contributed by atoms with van der Waals surface area (Å²) in [6, 6.07) is -0.0148. The van der Waals surface area contributed by atoms with Crippen LogP contribution in [0.1, 0.15) is 26.2 Å². The average molecular weight is 241 g/mol. The van der Waals surface area contributed by atoms with Crippen molar-refractivity contribution in [2.45, 2.75) is 31.8 Å². The Morgan fingerprint density at radius 1 is 1.53 bits per heavy atom. The first-order valence-electron chi connectivity index (χ1n) is 6.15. The molecule has 2 heterocycles. The number of amides is 3. The normalized spacial score (nSPS) is 22.2. The third-order valence-electron chi connectivity index (χ3n) is 3.35. The Balaban J connectivity index is 1.81. The quantitative estimate of drug-likeness (QED) is 0.747. The summed E-state index contributed by atoms with van der Waals surface area (Å²) in [5.41, 5.74) is -0.376. The van der Waals surface area contributed by atoms with Crippen molar-refractivity contribution in [2.75, 3.05) is 26.2 Å². The van der Waals surface area contributed by atoms with Crippen molar-refractivity contribution in [3.63, 3.8) is 0 Å². The molecule has 2 saturated heterocycles. The highest BCUT2D eigenvalue weighted by atomic mass is 16.6. The minimum Gasteiger partial charge on any atom is -0.441 e. The molecule has 0 atom stereocenters. The van der Waals surface area contributed by atoms with Gasteiger partial charge in [-0.25, -0.2) is 9.59 Å². The number of carbonyl (C=O) groups is 2. The molecule has 0 radical (unpaired) electrons. The first-order valence-corrected chi connectivity index (χ1v) is 6.15. The lowest BCUT2D eigenvalue weighted by Gasteiger charge is -2.37. The van der Waals surface area contributed by atoms with E-state index < -0.39 is 0 Å². The number of hydrogen-bond acceptors (Lipinski definition) is 3. The number of nitrogens with one attached hydrogen (secondary N) is 2. The molecular weight excluding hydrogens is 222 g/mol. The molecule has 6 nitrogen and oxygen atoms in total. The topological polar surface area (TPSA) is 70.7 Å². The van der Waals surface area contributed by atoms with E-state index in [1.807, 2.05) is 6.92 Å². The molecule has 0 aromatic carbocycles. The zero-order valence-electron chi connectivity index (χ0n) is 10.1. The summed E-state index contributed by atoms with van der Waals surface area (Å²) >= 11 is 0. The lowest BCUT2D eigenvalue weighted by Crippen LogP contribution is -2.51. The van der Waals surface area contributed by atoms with Gasteiger partial charge in [-0.05, 0) is 6.42 Å². The monoisotopic (exact) mass is 241 g/mol. The van der Waals surface area contributed by atoms with Crippen LogP contribution in [0, 0.1) is 0 Å². The molecule has 96 valence electrons. The van der Waals surface area contributed by atoms with Gasteiger partial charge in [0.05, 0.1) is 6.54 Å². The summed E-state index contributed by atoms with van der Waals surface area (Å²) in [6.07, 6.45) is 2.02. The van der Waals surface area contributed by atoms with E-state index in [2.05, 4.69) is 10.6 Å². The molecule has 2 rings (SSSR count). The SMILES string of the molecule is CCCNC(=O)N1CCC2(CC1)CNC(=O)O2. The summed E-state index contributed by atoms with van der Waals surface area (Å²) in [4.78, 5) is 24.5. The van der Waals surface area contributed by atoms with E-state index in [0.29, 0.717) is 39.0 Å². The van der Waals surface area contributed by atoms with Crippen molar-refractivity contribution in [1.29, 1.82) is 0 Å². The number of piperidine rings is 1. The molecule has 2 fully saturated rings. The van der Waals surface area contributed by atoms with Gasteiger partial charge in [0.1, 0.15) is 5.60 Å². The summed E-state index contributed by atoms with van der Waals surface area (Å²) in [5, 5.41) is 5.53. The van der Waals surface area contributed by atoms with Crippen molar-refractivity contribution in [2.24, 2.45) is 0 Å². The fraction of sp³-hybridized carbons (Fsp3) is 0.818. The van der Waals surface area contributed by atoms with Gasteiger partial charge in [0, 0.05) is 32.5 Å². The highest BCUT2D eigenvalue weighted by Crippen LogP contribution is 2.29. The Hall–Kier alpha value is -1.46.